The van der Waals surface area contributed by atoms with Gasteiger partial charge in [-0.1, -0.05) is 13.0 Å². The summed E-state index contributed by atoms with van der Waals surface area (Å²) in [6.07, 6.45) is -0.342. The Morgan fingerprint density at radius 1 is 1.11 bits per heavy atom. The van der Waals surface area contributed by atoms with E-state index in [1.807, 2.05) is 0 Å². The molecule has 1 aliphatic carbocycles. The molecule has 3 aromatic rings. The zero-order valence-electron chi connectivity index (χ0n) is 15.0. The van der Waals surface area contributed by atoms with E-state index in [0.29, 0.717) is 45.7 Å². The van der Waals surface area contributed by atoms with Crippen LogP contribution in [-0.4, -0.2) is 28.4 Å². The molecule has 0 radical (unpaired) electrons. The van der Waals surface area contributed by atoms with Gasteiger partial charge in [0, 0.05) is 16.5 Å². The van der Waals surface area contributed by atoms with Crippen LogP contribution in [0.5, 0.6) is 11.5 Å². The number of hydrogen-bond acceptors (Lipinski definition) is 5. The monoisotopic (exact) mass is 381 g/mol. The molecule has 1 N–H and O–H groups in total. The fourth-order valence-electron chi connectivity index (χ4n) is 3.91. The van der Waals surface area contributed by atoms with Crippen molar-refractivity contribution in [2.45, 2.75) is 26.0 Å². The maximum atomic E-state index is 13.8. The largest absolute Gasteiger partial charge is 0.454 e. The fraction of sp³-hybridized carbons (Fsp3) is 0.238. The maximum absolute atomic E-state index is 13.8. The number of benzene rings is 2. The molecule has 7 heteroatoms. The standard InChI is InChI=1S/C21H16FNO5/c1-2-11(24)8-23-19-13-6-16-17(28-9-27-16)7-14(13)20(25)18(19)12-4-3-10(22)5-15(12)21(23)26/h3-7,11,24H,2,8-9H2,1H3/t11-/m1/s1. The number of ketones is 1. The van der Waals surface area contributed by atoms with Crippen LogP contribution >= 0.6 is 0 Å². The highest BCUT2D eigenvalue weighted by Crippen LogP contribution is 2.45. The number of hydrogen-bond donors (Lipinski definition) is 1. The minimum atomic E-state index is -0.777. The van der Waals surface area contributed by atoms with E-state index < -0.39 is 17.5 Å². The number of nitrogens with zero attached hydrogens (tertiary/aromatic N) is 1. The van der Waals surface area contributed by atoms with Crippen LogP contribution in [0.15, 0.2) is 35.1 Å². The van der Waals surface area contributed by atoms with Crippen LogP contribution in [0.25, 0.3) is 22.0 Å². The molecule has 1 aromatic heterocycles. The first-order valence-electron chi connectivity index (χ1n) is 9.02. The lowest BCUT2D eigenvalue weighted by Crippen LogP contribution is -2.28. The lowest BCUT2D eigenvalue weighted by atomic mass is 10.0. The van der Waals surface area contributed by atoms with E-state index >= 15 is 0 Å². The zero-order valence-corrected chi connectivity index (χ0v) is 15.0. The van der Waals surface area contributed by atoms with Gasteiger partial charge in [-0.05, 0) is 30.7 Å². The van der Waals surface area contributed by atoms with Crippen molar-refractivity contribution in [1.29, 1.82) is 0 Å². The molecule has 6 nitrogen and oxygen atoms in total. The van der Waals surface area contributed by atoms with Gasteiger partial charge in [-0.15, -0.1) is 0 Å². The van der Waals surface area contributed by atoms with Gasteiger partial charge >= 0.3 is 0 Å². The van der Waals surface area contributed by atoms with Crippen molar-refractivity contribution in [1.82, 2.24) is 4.57 Å². The predicted molar refractivity (Wildman–Crippen MR) is 99.5 cm³/mol. The van der Waals surface area contributed by atoms with Gasteiger partial charge in [0.15, 0.2) is 17.3 Å². The van der Waals surface area contributed by atoms with Gasteiger partial charge in [-0.25, -0.2) is 4.39 Å². The minimum absolute atomic E-state index is 0.00524. The van der Waals surface area contributed by atoms with E-state index in [4.69, 9.17) is 9.47 Å². The second kappa shape index (κ2) is 5.90. The third kappa shape index (κ3) is 2.23. The molecule has 142 valence electrons. The molecule has 2 aliphatic rings. The summed E-state index contributed by atoms with van der Waals surface area (Å²) in [4.78, 5) is 26.4. The van der Waals surface area contributed by atoms with Crippen LogP contribution in [0.3, 0.4) is 0 Å². The molecule has 0 spiro atoms. The highest BCUT2D eigenvalue weighted by atomic mass is 19.1. The summed E-state index contributed by atoms with van der Waals surface area (Å²) in [6.45, 7) is 1.87. The van der Waals surface area contributed by atoms with Gasteiger partial charge in [0.25, 0.3) is 5.56 Å². The highest BCUT2D eigenvalue weighted by Gasteiger charge is 2.35. The van der Waals surface area contributed by atoms with Gasteiger partial charge < -0.3 is 19.1 Å². The summed E-state index contributed by atoms with van der Waals surface area (Å²) in [5.41, 5.74) is 1.26. The second-order valence-corrected chi connectivity index (χ2v) is 6.97. The summed E-state index contributed by atoms with van der Waals surface area (Å²) in [5, 5.41) is 10.7. The van der Waals surface area contributed by atoms with Gasteiger partial charge in [-0.3, -0.25) is 9.59 Å². The quantitative estimate of drug-likeness (QED) is 0.591. The molecule has 0 bridgehead atoms. The first-order chi connectivity index (χ1) is 13.5. The number of aliphatic hydroxyl groups is 1. The molecule has 2 aromatic carbocycles. The van der Waals surface area contributed by atoms with Crippen molar-refractivity contribution in [3.63, 3.8) is 0 Å². The Morgan fingerprint density at radius 2 is 1.82 bits per heavy atom. The summed E-state index contributed by atoms with van der Waals surface area (Å²) in [6, 6.07) is 7.12. The van der Waals surface area contributed by atoms with Crippen LogP contribution in [0.4, 0.5) is 4.39 Å². The maximum Gasteiger partial charge on any atom is 0.259 e. The Morgan fingerprint density at radius 3 is 2.54 bits per heavy atom. The number of aromatic nitrogens is 1. The second-order valence-electron chi connectivity index (χ2n) is 6.97. The van der Waals surface area contributed by atoms with Crippen LogP contribution in [-0.2, 0) is 6.54 Å². The molecular weight excluding hydrogens is 365 g/mol. The van der Waals surface area contributed by atoms with E-state index in [-0.39, 0.29) is 24.5 Å². The number of aliphatic hydroxyl groups excluding tert-OH is 1. The average molecular weight is 381 g/mol. The molecule has 2 heterocycles. The van der Waals surface area contributed by atoms with Crippen molar-refractivity contribution in [2.24, 2.45) is 0 Å². The lowest BCUT2D eigenvalue weighted by molar-refractivity contribution is 0.104. The molecule has 0 saturated heterocycles. The van der Waals surface area contributed by atoms with Gasteiger partial charge in [-0.2, -0.15) is 0 Å². The Bertz CT molecular complexity index is 1230. The molecule has 0 amide bonds. The third-order valence-corrected chi connectivity index (χ3v) is 5.34. The van der Waals surface area contributed by atoms with Gasteiger partial charge in [0.05, 0.1) is 29.3 Å². The smallest absolute Gasteiger partial charge is 0.259 e. The lowest BCUT2D eigenvalue weighted by Gasteiger charge is -2.17. The van der Waals surface area contributed by atoms with E-state index in [9.17, 15) is 19.1 Å². The van der Waals surface area contributed by atoms with E-state index in [2.05, 4.69) is 0 Å². The molecule has 0 unspecified atom stereocenters. The molecular formula is C21H16FNO5. The topological polar surface area (TPSA) is 77.8 Å². The predicted octanol–water partition coefficient (Wildman–Crippen LogP) is 2.85. The normalized spacial score (nSPS) is 15.0. The molecule has 5 rings (SSSR count). The molecule has 28 heavy (non-hydrogen) atoms. The summed E-state index contributed by atoms with van der Waals surface area (Å²) in [7, 11) is 0. The van der Waals surface area contributed by atoms with Crippen molar-refractivity contribution in [3.05, 3.63) is 57.6 Å². The van der Waals surface area contributed by atoms with Crippen molar-refractivity contribution in [3.8, 4) is 22.8 Å². The number of carbonyl (C=O) groups excluding carboxylic acids is 1. The Hall–Kier alpha value is -3.19. The fourth-order valence-corrected chi connectivity index (χ4v) is 3.91. The Kier molecular flexibility index (Phi) is 3.57. The van der Waals surface area contributed by atoms with Crippen LogP contribution < -0.4 is 15.0 Å². The van der Waals surface area contributed by atoms with Gasteiger partial charge in [0.2, 0.25) is 6.79 Å². The summed E-state index contributed by atoms with van der Waals surface area (Å²) < 4.78 is 26.0. The molecule has 1 aliphatic heterocycles. The zero-order chi connectivity index (χ0) is 19.6. The van der Waals surface area contributed by atoms with Crippen LogP contribution in [0.2, 0.25) is 0 Å². The average Bonchev–Trinajstić information content (AvgIpc) is 3.26. The van der Waals surface area contributed by atoms with Crippen molar-refractivity contribution >= 4 is 16.6 Å². The molecule has 0 fully saturated rings. The first kappa shape index (κ1) is 16.9. The SMILES string of the molecule is CC[C@@H](O)Cn1c2c(c3ccc(F)cc3c1=O)C(=O)c1cc3c(cc1-2)OCO3. The van der Waals surface area contributed by atoms with Crippen molar-refractivity contribution < 1.29 is 23.8 Å². The van der Waals surface area contributed by atoms with Crippen molar-refractivity contribution in [2.75, 3.05) is 6.79 Å². The number of fused-ring (bicyclic) bond motifs is 6. The van der Waals surface area contributed by atoms with Gasteiger partial charge in [0.1, 0.15) is 5.82 Å². The minimum Gasteiger partial charge on any atom is -0.454 e. The third-order valence-electron chi connectivity index (χ3n) is 5.34. The number of carbonyl (C=O) groups is 1. The number of pyridine rings is 1. The first-order valence-corrected chi connectivity index (χ1v) is 9.02. The Labute approximate surface area is 158 Å². The summed E-state index contributed by atoms with van der Waals surface area (Å²) in [5.74, 6) is 0.141. The van der Waals surface area contributed by atoms with E-state index in [1.165, 1.54) is 16.7 Å². The van der Waals surface area contributed by atoms with E-state index in [1.54, 1.807) is 19.1 Å². The highest BCUT2D eigenvalue weighted by molar-refractivity contribution is 6.27. The number of ether oxygens (including phenoxy) is 2. The van der Waals surface area contributed by atoms with E-state index in [0.717, 1.165) is 6.07 Å². The molecule has 1 atom stereocenters. The Balaban J connectivity index is 1.90. The summed E-state index contributed by atoms with van der Waals surface area (Å²) >= 11 is 0. The van der Waals surface area contributed by atoms with Crippen LogP contribution in [0, 0.1) is 5.82 Å². The molecule has 0 saturated carbocycles. The van der Waals surface area contributed by atoms with Crippen LogP contribution in [0.1, 0.15) is 29.3 Å². The number of halogens is 1. The number of rotatable bonds is 3.